The highest BCUT2D eigenvalue weighted by Gasteiger charge is 2.23. The van der Waals surface area contributed by atoms with Crippen LogP contribution >= 0.6 is 27.5 Å². The quantitative estimate of drug-likeness (QED) is 0.346. The van der Waals surface area contributed by atoms with Crippen molar-refractivity contribution in [1.29, 1.82) is 0 Å². The van der Waals surface area contributed by atoms with E-state index in [9.17, 15) is 9.18 Å². The number of fused-ring (bicyclic) bond motifs is 1. The van der Waals surface area contributed by atoms with Crippen LogP contribution in [-0.4, -0.2) is 49.2 Å². The fourth-order valence-electron chi connectivity index (χ4n) is 3.16. The second-order valence-electron chi connectivity index (χ2n) is 6.71. The van der Waals surface area contributed by atoms with Gasteiger partial charge in [-0.15, -0.1) is 0 Å². The zero-order valence-electron chi connectivity index (χ0n) is 17.2. The molecule has 0 radical (unpaired) electrons. The van der Waals surface area contributed by atoms with Crippen LogP contribution in [0.2, 0.25) is 5.02 Å². The molecule has 0 bridgehead atoms. The van der Waals surface area contributed by atoms with E-state index in [4.69, 9.17) is 21.1 Å². The number of carbonyl (C=O) groups is 1. The maximum absolute atomic E-state index is 13.6. The van der Waals surface area contributed by atoms with E-state index in [-0.39, 0.29) is 35.1 Å². The van der Waals surface area contributed by atoms with Crippen molar-refractivity contribution in [3.05, 3.63) is 57.2 Å². The Kier molecular flexibility index (Phi) is 6.11. The molecule has 0 N–H and O–H groups in total. The van der Waals surface area contributed by atoms with Crippen LogP contribution in [0.15, 0.2) is 35.2 Å². The van der Waals surface area contributed by atoms with Crippen molar-refractivity contribution in [1.82, 2.24) is 29.5 Å². The zero-order valence-corrected chi connectivity index (χ0v) is 19.6. The molecule has 0 aliphatic carbocycles. The molecule has 9 nitrogen and oxygen atoms in total. The van der Waals surface area contributed by atoms with Crippen LogP contribution in [0.5, 0.6) is 5.88 Å². The molecule has 3 heterocycles. The van der Waals surface area contributed by atoms with Crippen molar-refractivity contribution < 1.29 is 18.7 Å². The smallest absolute Gasteiger partial charge is 0.341 e. The molecule has 12 heteroatoms. The maximum Gasteiger partial charge on any atom is 0.341 e. The van der Waals surface area contributed by atoms with Crippen molar-refractivity contribution in [3.8, 4) is 11.8 Å². The van der Waals surface area contributed by atoms with E-state index < -0.39 is 11.8 Å². The Bertz CT molecular complexity index is 1320. The first-order valence-electron chi connectivity index (χ1n) is 9.50. The lowest BCUT2D eigenvalue weighted by Gasteiger charge is -2.15. The molecule has 0 fully saturated rings. The first-order valence-corrected chi connectivity index (χ1v) is 10.7. The third-order valence-electron chi connectivity index (χ3n) is 4.75. The van der Waals surface area contributed by atoms with Gasteiger partial charge in [-0.2, -0.15) is 15.2 Å². The van der Waals surface area contributed by atoms with Crippen molar-refractivity contribution in [2.75, 3.05) is 13.7 Å². The Morgan fingerprint density at radius 2 is 2.12 bits per heavy atom. The van der Waals surface area contributed by atoms with Crippen LogP contribution in [0.1, 0.15) is 35.8 Å². The number of halogens is 3. The summed E-state index contributed by atoms with van der Waals surface area (Å²) >= 11 is 9.39. The molecular formula is C20H17BrClFN6O3. The molecule has 32 heavy (non-hydrogen) atoms. The minimum absolute atomic E-state index is 0.0199. The Morgan fingerprint density at radius 1 is 1.34 bits per heavy atom. The topological polar surface area (TPSA) is 96.9 Å². The number of esters is 1. The molecule has 4 aromatic rings. The van der Waals surface area contributed by atoms with Gasteiger partial charge < -0.3 is 9.47 Å². The lowest BCUT2D eigenvalue weighted by molar-refractivity contribution is 0.0526. The van der Waals surface area contributed by atoms with Crippen LogP contribution in [0.3, 0.4) is 0 Å². The minimum Gasteiger partial charge on any atom is -0.479 e. The van der Waals surface area contributed by atoms with Crippen molar-refractivity contribution in [2.24, 2.45) is 0 Å². The molecule has 166 valence electrons. The molecule has 0 unspecified atom stereocenters. The van der Waals surface area contributed by atoms with Gasteiger partial charge in [0.2, 0.25) is 5.88 Å². The number of hydrogen-bond acceptors (Lipinski definition) is 7. The van der Waals surface area contributed by atoms with E-state index in [1.54, 1.807) is 23.7 Å². The minimum atomic E-state index is -0.499. The van der Waals surface area contributed by atoms with Gasteiger partial charge in [0.05, 0.1) is 36.5 Å². The first-order chi connectivity index (χ1) is 15.3. The van der Waals surface area contributed by atoms with Crippen LogP contribution in [0.4, 0.5) is 4.39 Å². The largest absolute Gasteiger partial charge is 0.479 e. The van der Waals surface area contributed by atoms with E-state index in [1.165, 1.54) is 30.3 Å². The van der Waals surface area contributed by atoms with E-state index in [2.05, 4.69) is 36.1 Å². The summed E-state index contributed by atoms with van der Waals surface area (Å²) in [4.78, 5) is 20.9. The summed E-state index contributed by atoms with van der Waals surface area (Å²) in [7, 11) is 1.48. The van der Waals surface area contributed by atoms with Crippen LogP contribution < -0.4 is 4.74 Å². The number of benzene rings is 1. The zero-order chi connectivity index (χ0) is 23.0. The second kappa shape index (κ2) is 8.83. The number of methoxy groups -OCH3 is 1. The van der Waals surface area contributed by atoms with E-state index in [1.807, 2.05) is 6.92 Å². The van der Waals surface area contributed by atoms with Gasteiger partial charge >= 0.3 is 5.97 Å². The SMILES string of the molecule is CCOC(=O)c1cnn(-c2nc(OC)c3c(n2)c(Br)nn3[C@@H](C)c2ccc(F)c(Cl)c2)c1. The molecule has 1 atom stereocenters. The molecule has 3 aromatic heterocycles. The summed E-state index contributed by atoms with van der Waals surface area (Å²) < 4.78 is 27.6. The van der Waals surface area contributed by atoms with Gasteiger partial charge in [-0.3, -0.25) is 0 Å². The number of hydrogen-bond donors (Lipinski definition) is 0. The molecule has 0 aliphatic heterocycles. The van der Waals surface area contributed by atoms with Crippen molar-refractivity contribution in [3.63, 3.8) is 0 Å². The fraction of sp³-hybridized carbons (Fsp3) is 0.250. The number of carbonyl (C=O) groups excluding carboxylic acids is 1. The van der Waals surface area contributed by atoms with E-state index >= 15 is 0 Å². The Morgan fingerprint density at radius 3 is 2.81 bits per heavy atom. The first kappa shape index (κ1) is 22.2. The molecular weight excluding hydrogens is 507 g/mol. The van der Waals surface area contributed by atoms with Gasteiger partial charge in [0.25, 0.3) is 5.95 Å². The lowest BCUT2D eigenvalue weighted by Crippen LogP contribution is -2.11. The highest BCUT2D eigenvalue weighted by molar-refractivity contribution is 9.10. The molecule has 1 aromatic carbocycles. The summed E-state index contributed by atoms with van der Waals surface area (Å²) in [6.07, 6.45) is 2.84. The Labute approximate surface area is 195 Å². The average molecular weight is 524 g/mol. The number of rotatable bonds is 6. The highest BCUT2D eigenvalue weighted by atomic mass is 79.9. The standard InChI is InChI=1S/C20H17BrClFN6O3/c1-4-32-19(30)12-8-24-28(9-12)20-25-15-16(18(26-20)31-3)29(27-17(15)21)10(2)11-5-6-14(23)13(22)7-11/h5-10H,4H2,1-3H3/t10-/m0/s1. The van der Waals surface area contributed by atoms with Crippen LogP contribution in [0, 0.1) is 5.82 Å². The molecule has 0 amide bonds. The maximum atomic E-state index is 13.6. The summed E-state index contributed by atoms with van der Waals surface area (Å²) in [5.41, 5.74) is 2.01. The number of nitrogens with zero attached hydrogens (tertiary/aromatic N) is 6. The number of aromatic nitrogens is 6. The van der Waals surface area contributed by atoms with Gasteiger partial charge in [-0.25, -0.2) is 23.5 Å². The third kappa shape index (κ3) is 3.93. The van der Waals surface area contributed by atoms with Crippen molar-refractivity contribution >= 4 is 44.5 Å². The van der Waals surface area contributed by atoms with Gasteiger partial charge in [0, 0.05) is 6.20 Å². The second-order valence-corrected chi connectivity index (χ2v) is 7.87. The summed E-state index contributed by atoms with van der Waals surface area (Å²) in [5, 5.41) is 8.70. The molecule has 0 saturated carbocycles. The van der Waals surface area contributed by atoms with Gasteiger partial charge in [0.1, 0.15) is 11.3 Å². The Hall–Kier alpha value is -3.05. The number of ether oxygens (including phenoxy) is 2. The van der Waals surface area contributed by atoms with Gasteiger partial charge in [-0.1, -0.05) is 17.7 Å². The molecule has 0 spiro atoms. The normalized spacial score (nSPS) is 12.2. The fourth-order valence-corrected chi connectivity index (χ4v) is 3.79. The Balaban J connectivity index is 1.80. The molecule has 4 rings (SSSR count). The molecule has 0 saturated heterocycles. The highest BCUT2D eigenvalue weighted by Crippen LogP contribution is 2.33. The third-order valence-corrected chi connectivity index (χ3v) is 5.57. The van der Waals surface area contributed by atoms with E-state index in [0.29, 0.717) is 15.6 Å². The summed E-state index contributed by atoms with van der Waals surface area (Å²) in [6.45, 7) is 3.86. The predicted molar refractivity (Wildman–Crippen MR) is 118 cm³/mol. The lowest BCUT2D eigenvalue weighted by atomic mass is 10.1. The summed E-state index contributed by atoms with van der Waals surface area (Å²) in [6, 6.07) is 4.16. The van der Waals surface area contributed by atoms with Crippen LogP contribution in [-0.2, 0) is 4.74 Å². The summed E-state index contributed by atoms with van der Waals surface area (Å²) in [5.74, 6) is -0.562. The van der Waals surface area contributed by atoms with E-state index in [0.717, 1.165) is 5.56 Å². The molecule has 0 aliphatic rings. The van der Waals surface area contributed by atoms with Crippen LogP contribution in [0.25, 0.3) is 17.0 Å². The van der Waals surface area contributed by atoms with Gasteiger partial charge in [0.15, 0.2) is 10.1 Å². The monoisotopic (exact) mass is 522 g/mol. The van der Waals surface area contributed by atoms with Crippen molar-refractivity contribution in [2.45, 2.75) is 19.9 Å². The van der Waals surface area contributed by atoms with Gasteiger partial charge in [-0.05, 0) is 47.5 Å². The average Bonchev–Trinajstić information content (AvgIpc) is 3.40. The predicted octanol–water partition coefficient (Wildman–Crippen LogP) is 4.36.